The highest BCUT2D eigenvalue weighted by atomic mass is 16.5. The lowest BCUT2D eigenvalue weighted by Crippen LogP contribution is -2.38. The molecule has 0 spiro atoms. The molecule has 2 fully saturated rings. The van der Waals surface area contributed by atoms with Gasteiger partial charge in [-0.2, -0.15) is 0 Å². The normalized spacial score (nSPS) is 37.9. The monoisotopic (exact) mass is 198 g/mol. The summed E-state index contributed by atoms with van der Waals surface area (Å²) in [5, 5.41) is 0. The molecule has 0 aromatic rings. The third kappa shape index (κ3) is 1.77. The molecule has 4 nitrogen and oxygen atoms in total. The average Bonchev–Trinajstić information content (AvgIpc) is 2.76. The van der Waals surface area contributed by atoms with Crippen molar-refractivity contribution in [3.8, 4) is 0 Å². The Morgan fingerprint density at radius 2 is 2.29 bits per heavy atom. The summed E-state index contributed by atoms with van der Waals surface area (Å²) in [7, 11) is 0. The molecule has 3 atom stereocenters. The Bertz CT molecular complexity index is 216. The summed E-state index contributed by atoms with van der Waals surface area (Å²) in [6, 6.07) is 0.139. The van der Waals surface area contributed by atoms with Gasteiger partial charge in [0.15, 0.2) is 0 Å². The maximum Gasteiger partial charge on any atom is 0.251 e. The number of carbonyl (C=O) groups excluding carboxylic acids is 1. The summed E-state index contributed by atoms with van der Waals surface area (Å²) < 4.78 is 5.37. The standard InChI is InChI=1S/C10H18N2O2/c1-7-5-12(6-8(7)11)10(13)9-3-2-4-14-9/h7-9H,2-6,11H2,1H3. The Morgan fingerprint density at radius 3 is 2.79 bits per heavy atom. The molecule has 2 saturated heterocycles. The lowest BCUT2D eigenvalue weighted by molar-refractivity contribution is -0.139. The van der Waals surface area contributed by atoms with Crippen LogP contribution in [0.3, 0.4) is 0 Å². The first-order valence-electron chi connectivity index (χ1n) is 5.34. The van der Waals surface area contributed by atoms with Crippen LogP contribution in [0.1, 0.15) is 19.8 Å². The molecule has 0 aromatic heterocycles. The van der Waals surface area contributed by atoms with Gasteiger partial charge in [-0.25, -0.2) is 0 Å². The zero-order chi connectivity index (χ0) is 10.1. The van der Waals surface area contributed by atoms with Crippen molar-refractivity contribution >= 4 is 5.91 Å². The fourth-order valence-electron chi connectivity index (χ4n) is 2.15. The summed E-state index contributed by atoms with van der Waals surface area (Å²) >= 11 is 0. The highest BCUT2D eigenvalue weighted by Crippen LogP contribution is 2.20. The van der Waals surface area contributed by atoms with Crippen LogP contribution in [0.25, 0.3) is 0 Å². The fraction of sp³-hybridized carbons (Fsp3) is 0.900. The molecule has 1 amide bonds. The highest BCUT2D eigenvalue weighted by Gasteiger charge is 2.34. The number of nitrogens with two attached hydrogens (primary N) is 1. The summed E-state index contributed by atoms with van der Waals surface area (Å²) in [6.45, 7) is 4.30. The summed E-state index contributed by atoms with van der Waals surface area (Å²) in [5.41, 5.74) is 5.87. The van der Waals surface area contributed by atoms with E-state index in [1.54, 1.807) is 0 Å². The molecule has 0 bridgehead atoms. The van der Waals surface area contributed by atoms with Gasteiger partial charge >= 0.3 is 0 Å². The maximum atomic E-state index is 11.9. The van der Waals surface area contributed by atoms with Gasteiger partial charge in [-0.1, -0.05) is 6.92 Å². The van der Waals surface area contributed by atoms with Crippen LogP contribution in [0.15, 0.2) is 0 Å². The minimum atomic E-state index is -0.188. The molecule has 2 rings (SSSR count). The lowest BCUT2D eigenvalue weighted by Gasteiger charge is -2.19. The van der Waals surface area contributed by atoms with E-state index in [2.05, 4.69) is 6.92 Å². The van der Waals surface area contributed by atoms with E-state index in [0.717, 1.165) is 26.0 Å². The van der Waals surface area contributed by atoms with Crippen LogP contribution in [-0.4, -0.2) is 42.6 Å². The van der Waals surface area contributed by atoms with Crippen molar-refractivity contribution in [2.45, 2.75) is 31.9 Å². The Labute approximate surface area is 84.4 Å². The van der Waals surface area contributed by atoms with E-state index < -0.39 is 0 Å². The smallest absolute Gasteiger partial charge is 0.251 e. The summed E-state index contributed by atoms with van der Waals surface area (Å²) in [6.07, 6.45) is 1.69. The predicted octanol–water partition coefficient (Wildman–Crippen LogP) is -0.0290. The second-order valence-corrected chi connectivity index (χ2v) is 4.39. The van der Waals surface area contributed by atoms with Crippen molar-refractivity contribution < 1.29 is 9.53 Å². The minimum absolute atomic E-state index is 0.139. The topological polar surface area (TPSA) is 55.6 Å². The number of rotatable bonds is 1. The van der Waals surface area contributed by atoms with E-state index in [1.165, 1.54) is 0 Å². The molecule has 2 N–H and O–H groups in total. The van der Waals surface area contributed by atoms with Crippen LogP contribution in [0.5, 0.6) is 0 Å². The molecular formula is C10H18N2O2. The van der Waals surface area contributed by atoms with Crippen molar-refractivity contribution in [3.05, 3.63) is 0 Å². The summed E-state index contributed by atoms with van der Waals surface area (Å²) in [5.74, 6) is 0.558. The van der Waals surface area contributed by atoms with Crippen LogP contribution in [0, 0.1) is 5.92 Å². The van der Waals surface area contributed by atoms with E-state index in [1.807, 2.05) is 4.90 Å². The number of carbonyl (C=O) groups is 1. The molecule has 2 aliphatic heterocycles. The van der Waals surface area contributed by atoms with E-state index in [-0.39, 0.29) is 18.1 Å². The van der Waals surface area contributed by atoms with E-state index in [4.69, 9.17) is 10.5 Å². The minimum Gasteiger partial charge on any atom is -0.368 e. The van der Waals surface area contributed by atoms with Gasteiger partial charge < -0.3 is 15.4 Å². The first-order chi connectivity index (χ1) is 6.68. The number of ether oxygens (including phenoxy) is 1. The average molecular weight is 198 g/mol. The zero-order valence-corrected chi connectivity index (χ0v) is 8.61. The zero-order valence-electron chi connectivity index (χ0n) is 8.61. The van der Waals surface area contributed by atoms with Gasteiger partial charge in [0.2, 0.25) is 0 Å². The molecule has 2 aliphatic rings. The van der Waals surface area contributed by atoms with Gasteiger partial charge in [0.25, 0.3) is 5.91 Å². The predicted molar refractivity (Wildman–Crippen MR) is 52.7 cm³/mol. The largest absolute Gasteiger partial charge is 0.368 e. The number of amides is 1. The van der Waals surface area contributed by atoms with Gasteiger partial charge in [0.05, 0.1) is 0 Å². The van der Waals surface area contributed by atoms with Gasteiger partial charge in [-0.3, -0.25) is 4.79 Å². The Balaban J connectivity index is 1.92. The van der Waals surface area contributed by atoms with Crippen molar-refractivity contribution in [1.29, 1.82) is 0 Å². The maximum absolute atomic E-state index is 11.9. The Morgan fingerprint density at radius 1 is 1.50 bits per heavy atom. The van der Waals surface area contributed by atoms with E-state index in [9.17, 15) is 4.79 Å². The van der Waals surface area contributed by atoms with Crippen LogP contribution in [0.4, 0.5) is 0 Å². The SMILES string of the molecule is CC1CN(C(=O)C2CCCO2)CC1N. The van der Waals surface area contributed by atoms with Crippen molar-refractivity contribution in [1.82, 2.24) is 4.90 Å². The van der Waals surface area contributed by atoms with E-state index in [0.29, 0.717) is 12.5 Å². The van der Waals surface area contributed by atoms with E-state index >= 15 is 0 Å². The molecule has 14 heavy (non-hydrogen) atoms. The van der Waals surface area contributed by atoms with Gasteiger partial charge in [0, 0.05) is 25.7 Å². The van der Waals surface area contributed by atoms with Crippen LogP contribution in [0.2, 0.25) is 0 Å². The molecule has 2 heterocycles. The van der Waals surface area contributed by atoms with Crippen LogP contribution in [-0.2, 0) is 9.53 Å². The Kier molecular flexibility index (Phi) is 2.74. The fourth-order valence-corrected chi connectivity index (χ4v) is 2.15. The molecular weight excluding hydrogens is 180 g/mol. The molecule has 0 aliphatic carbocycles. The second kappa shape index (κ2) is 3.87. The number of nitrogens with zero attached hydrogens (tertiary/aromatic N) is 1. The van der Waals surface area contributed by atoms with Crippen molar-refractivity contribution in [2.24, 2.45) is 11.7 Å². The van der Waals surface area contributed by atoms with Crippen LogP contribution < -0.4 is 5.73 Å². The van der Waals surface area contributed by atoms with Crippen molar-refractivity contribution in [2.75, 3.05) is 19.7 Å². The Hall–Kier alpha value is -0.610. The molecule has 0 radical (unpaired) electrons. The van der Waals surface area contributed by atoms with Gasteiger partial charge in [0.1, 0.15) is 6.10 Å². The van der Waals surface area contributed by atoms with Crippen LogP contribution >= 0.6 is 0 Å². The summed E-state index contributed by atoms with van der Waals surface area (Å²) in [4.78, 5) is 13.7. The molecule has 4 heteroatoms. The first-order valence-corrected chi connectivity index (χ1v) is 5.34. The molecule has 0 saturated carbocycles. The van der Waals surface area contributed by atoms with Gasteiger partial charge in [-0.15, -0.1) is 0 Å². The van der Waals surface area contributed by atoms with Gasteiger partial charge in [-0.05, 0) is 18.8 Å². The number of hydrogen-bond donors (Lipinski definition) is 1. The number of likely N-dealkylation sites (tertiary alicyclic amines) is 1. The third-order valence-corrected chi connectivity index (χ3v) is 3.19. The second-order valence-electron chi connectivity index (χ2n) is 4.39. The van der Waals surface area contributed by atoms with Crippen molar-refractivity contribution in [3.63, 3.8) is 0 Å². The first kappa shape index (κ1) is 9.93. The third-order valence-electron chi connectivity index (χ3n) is 3.19. The molecule has 3 unspecified atom stereocenters. The molecule has 80 valence electrons. The number of hydrogen-bond acceptors (Lipinski definition) is 3. The molecule has 0 aromatic carbocycles. The quantitative estimate of drug-likeness (QED) is 0.644. The lowest BCUT2D eigenvalue weighted by atomic mass is 10.1. The highest BCUT2D eigenvalue weighted by molar-refractivity contribution is 5.81.